The van der Waals surface area contributed by atoms with E-state index in [1.165, 1.54) is 0 Å². The summed E-state index contributed by atoms with van der Waals surface area (Å²) in [7, 11) is 0. The van der Waals surface area contributed by atoms with Gasteiger partial charge in [0.2, 0.25) is 0 Å². The molecule has 0 aliphatic carbocycles. The van der Waals surface area contributed by atoms with Gasteiger partial charge in [0, 0.05) is 30.9 Å². The fourth-order valence-electron chi connectivity index (χ4n) is 1.38. The molecule has 0 aliphatic rings. The third-order valence-electron chi connectivity index (χ3n) is 2.30. The molecule has 6 heteroatoms. The van der Waals surface area contributed by atoms with Crippen LogP contribution >= 0.6 is 11.3 Å². The maximum Gasteiger partial charge on any atom is 0.193 e. The Labute approximate surface area is 97.4 Å². The highest BCUT2D eigenvalue weighted by atomic mass is 32.1. The Morgan fingerprint density at radius 3 is 3.12 bits per heavy atom. The summed E-state index contributed by atoms with van der Waals surface area (Å²) in [6, 6.07) is 0. The molecule has 0 bridgehead atoms. The second-order valence-electron chi connectivity index (χ2n) is 4.08. The first-order chi connectivity index (χ1) is 7.61. The maximum absolute atomic E-state index is 9.56. The molecule has 0 radical (unpaired) electrons. The minimum Gasteiger partial charge on any atom is -0.393 e. The number of rotatable bonds is 5. The van der Waals surface area contributed by atoms with E-state index in [1.54, 1.807) is 18.3 Å². The first kappa shape index (κ1) is 11.5. The summed E-state index contributed by atoms with van der Waals surface area (Å²) in [5.74, 6) is 0. The molecule has 0 aliphatic heterocycles. The minimum atomic E-state index is -1.07. The molecule has 3 N–H and O–H groups in total. The molecule has 5 nitrogen and oxygen atoms in total. The molecule has 0 aromatic carbocycles. The summed E-state index contributed by atoms with van der Waals surface area (Å²) in [4.78, 5) is 5.36. The van der Waals surface area contributed by atoms with Crippen molar-refractivity contribution in [3.05, 3.63) is 23.5 Å². The second-order valence-corrected chi connectivity index (χ2v) is 4.96. The van der Waals surface area contributed by atoms with Gasteiger partial charge in [-0.25, -0.2) is 4.98 Å². The highest BCUT2D eigenvalue weighted by Crippen LogP contribution is 2.11. The molecular weight excluding hydrogens is 226 g/mol. The van der Waals surface area contributed by atoms with Crippen molar-refractivity contribution in [3.63, 3.8) is 0 Å². The molecule has 16 heavy (non-hydrogen) atoms. The van der Waals surface area contributed by atoms with E-state index < -0.39 is 5.60 Å². The Bertz CT molecular complexity index is 435. The highest BCUT2D eigenvalue weighted by Gasteiger charge is 2.18. The summed E-state index contributed by atoms with van der Waals surface area (Å²) in [6.45, 7) is 2.27. The summed E-state index contributed by atoms with van der Waals surface area (Å²) in [5.41, 5.74) is -0.141. The molecule has 0 amide bonds. The zero-order chi connectivity index (χ0) is 11.6. The first-order valence-electron chi connectivity index (χ1n) is 5.06. The Morgan fingerprint density at radius 1 is 1.62 bits per heavy atom. The lowest BCUT2D eigenvalue weighted by molar-refractivity contribution is 0.00249. The van der Waals surface area contributed by atoms with E-state index in [9.17, 15) is 5.11 Å². The lowest BCUT2D eigenvalue weighted by atomic mass is 10.1. The van der Waals surface area contributed by atoms with Crippen molar-refractivity contribution in [3.8, 4) is 0 Å². The number of aromatic nitrogens is 2. The number of nitrogens with zero attached hydrogens (tertiary/aromatic N) is 2. The van der Waals surface area contributed by atoms with Crippen LogP contribution in [0.3, 0.4) is 0 Å². The number of fused-ring (bicyclic) bond motifs is 1. The number of nitrogens with one attached hydrogen (secondary N) is 1. The van der Waals surface area contributed by atoms with Crippen LogP contribution in [0.2, 0.25) is 0 Å². The molecule has 2 aromatic rings. The molecule has 88 valence electrons. The number of aliphatic hydroxyl groups excluding tert-OH is 1. The van der Waals surface area contributed by atoms with Crippen LogP contribution in [0.25, 0.3) is 4.96 Å². The molecule has 0 saturated carbocycles. The zero-order valence-corrected chi connectivity index (χ0v) is 9.87. The predicted octanol–water partition coefficient (Wildman–Crippen LogP) is 0.229. The fourth-order valence-corrected chi connectivity index (χ4v) is 2.10. The molecular formula is C10H15N3O2S. The smallest absolute Gasteiger partial charge is 0.193 e. The van der Waals surface area contributed by atoms with Crippen molar-refractivity contribution in [1.82, 2.24) is 14.7 Å². The number of thiazole rings is 1. The largest absolute Gasteiger partial charge is 0.393 e. The SMILES string of the molecule is CC(O)(CO)CNCc1cn2ccsc2n1. The third kappa shape index (κ3) is 2.59. The fraction of sp³-hybridized carbons (Fsp3) is 0.500. The third-order valence-corrected chi connectivity index (χ3v) is 3.07. The van der Waals surface area contributed by atoms with Crippen molar-refractivity contribution in [2.24, 2.45) is 0 Å². The molecule has 1 unspecified atom stereocenters. The molecule has 2 rings (SSSR count). The molecule has 2 heterocycles. The average Bonchev–Trinajstić information content (AvgIpc) is 2.77. The van der Waals surface area contributed by atoms with Gasteiger partial charge in [0.1, 0.15) is 0 Å². The number of aliphatic hydroxyl groups is 2. The molecule has 1 atom stereocenters. The molecule has 0 saturated heterocycles. The van der Waals surface area contributed by atoms with Crippen LogP contribution in [0.5, 0.6) is 0 Å². The normalized spacial score (nSPS) is 15.4. The van der Waals surface area contributed by atoms with E-state index in [0.29, 0.717) is 13.1 Å². The van der Waals surface area contributed by atoms with Crippen LogP contribution < -0.4 is 5.32 Å². The lowest BCUT2D eigenvalue weighted by Crippen LogP contribution is -2.40. The number of imidazole rings is 1. The van der Waals surface area contributed by atoms with Gasteiger partial charge in [0.25, 0.3) is 0 Å². The van der Waals surface area contributed by atoms with Crippen LogP contribution in [-0.4, -0.2) is 38.4 Å². The zero-order valence-electron chi connectivity index (χ0n) is 9.05. The standard InChI is InChI=1S/C10H15N3O2S/c1-10(15,7-14)6-11-4-8-5-13-2-3-16-9(13)12-8/h2-3,5,11,14-15H,4,6-7H2,1H3. The Hall–Kier alpha value is -0.950. The first-order valence-corrected chi connectivity index (χ1v) is 5.94. The van der Waals surface area contributed by atoms with E-state index >= 15 is 0 Å². The number of hydrogen-bond donors (Lipinski definition) is 3. The van der Waals surface area contributed by atoms with E-state index in [1.807, 2.05) is 22.2 Å². The summed E-state index contributed by atoms with van der Waals surface area (Å²) in [6.07, 6.45) is 3.91. The highest BCUT2D eigenvalue weighted by molar-refractivity contribution is 7.15. The van der Waals surface area contributed by atoms with Crippen LogP contribution in [0.4, 0.5) is 0 Å². The van der Waals surface area contributed by atoms with Crippen LogP contribution in [-0.2, 0) is 6.54 Å². The Kier molecular flexibility index (Phi) is 3.25. The lowest BCUT2D eigenvalue weighted by Gasteiger charge is -2.20. The van der Waals surface area contributed by atoms with Gasteiger partial charge in [0.15, 0.2) is 4.96 Å². The van der Waals surface area contributed by atoms with Crippen molar-refractivity contribution < 1.29 is 10.2 Å². The van der Waals surface area contributed by atoms with Crippen molar-refractivity contribution in [2.45, 2.75) is 19.1 Å². The molecule has 2 aromatic heterocycles. The van der Waals surface area contributed by atoms with Crippen LogP contribution in [0.15, 0.2) is 17.8 Å². The molecule has 0 fully saturated rings. The van der Waals surface area contributed by atoms with Gasteiger partial charge in [-0.05, 0) is 6.92 Å². The van der Waals surface area contributed by atoms with Gasteiger partial charge in [-0.15, -0.1) is 11.3 Å². The van der Waals surface area contributed by atoms with E-state index in [4.69, 9.17) is 5.11 Å². The molecule has 0 spiro atoms. The summed E-state index contributed by atoms with van der Waals surface area (Å²) >= 11 is 1.59. The topological polar surface area (TPSA) is 69.8 Å². The van der Waals surface area contributed by atoms with Crippen molar-refractivity contribution in [2.75, 3.05) is 13.2 Å². The monoisotopic (exact) mass is 241 g/mol. The maximum atomic E-state index is 9.56. The van der Waals surface area contributed by atoms with Crippen molar-refractivity contribution >= 4 is 16.3 Å². The summed E-state index contributed by atoms with van der Waals surface area (Å²) in [5, 5.41) is 23.5. The van der Waals surface area contributed by atoms with E-state index in [-0.39, 0.29) is 6.61 Å². The van der Waals surface area contributed by atoms with Gasteiger partial charge >= 0.3 is 0 Å². The van der Waals surface area contributed by atoms with Gasteiger partial charge in [-0.3, -0.25) is 4.40 Å². The van der Waals surface area contributed by atoms with Gasteiger partial charge in [-0.2, -0.15) is 0 Å². The number of hydrogen-bond acceptors (Lipinski definition) is 5. The van der Waals surface area contributed by atoms with E-state index in [2.05, 4.69) is 10.3 Å². The minimum absolute atomic E-state index is 0.252. The summed E-state index contributed by atoms with van der Waals surface area (Å²) < 4.78 is 1.96. The van der Waals surface area contributed by atoms with Gasteiger partial charge in [0.05, 0.1) is 17.9 Å². The van der Waals surface area contributed by atoms with Crippen LogP contribution in [0, 0.1) is 0 Å². The Morgan fingerprint density at radius 2 is 2.44 bits per heavy atom. The van der Waals surface area contributed by atoms with E-state index in [0.717, 1.165) is 10.7 Å². The van der Waals surface area contributed by atoms with Crippen LogP contribution in [0.1, 0.15) is 12.6 Å². The Balaban J connectivity index is 1.89. The predicted molar refractivity (Wildman–Crippen MR) is 62.5 cm³/mol. The quantitative estimate of drug-likeness (QED) is 0.701. The van der Waals surface area contributed by atoms with Gasteiger partial charge < -0.3 is 15.5 Å². The second kappa shape index (κ2) is 4.50. The van der Waals surface area contributed by atoms with Gasteiger partial charge in [-0.1, -0.05) is 0 Å². The average molecular weight is 241 g/mol. The van der Waals surface area contributed by atoms with Crippen molar-refractivity contribution in [1.29, 1.82) is 0 Å².